The van der Waals surface area contributed by atoms with Gasteiger partial charge in [-0.1, -0.05) is 18.2 Å². The maximum absolute atomic E-state index is 11.9. The number of amides is 1. The van der Waals surface area contributed by atoms with E-state index in [0.717, 1.165) is 16.6 Å². The predicted octanol–water partition coefficient (Wildman–Crippen LogP) is 2.69. The Bertz CT molecular complexity index is 783. The molecule has 2 N–H and O–H groups in total. The van der Waals surface area contributed by atoms with Gasteiger partial charge in [0, 0.05) is 39.3 Å². The normalized spacial score (nSPS) is 10.7. The van der Waals surface area contributed by atoms with E-state index < -0.39 is 0 Å². The van der Waals surface area contributed by atoms with Crippen LogP contribution < -0.4 is 5.32 Å². The average molecular weight is 298 g/mol. The highest BCUT2D eigenvalue weighted by Crippen LogP contribution is 2.32. The summed E-state index contributed by atoms with van der Waals surface area (Å²) in [6.07, 6.45) is 1.63. The molecule has 0 spiro atoms. The molecule has 0 aliphatic rings. The Kier molecular flexibility index (Phi) is 3.94. The minimum absolute atomic E-state index is 0.0706. The minimum atomic E-state index is -0.202. The van der Waals surface area contributed by atoms with E-state index >= 15 is 0 Å². The lowest BCUT2D eigenvalue weighted by atomic mass is 10.1. The first-order chi connectivity index (χ1) is 10.3. The van der Waals surface area contributed by atoms with Crippen LogP contribution in [0, 0.1) is 0 Å². The summed E-state index contributed by atoms with van der Waals surface area (Å²) in [4.78, 5) is 16.3. The molecule has 2 aromatic heterocycles. The molecule has 1 amide bonds. The largest absolute Gasteiger partial charge is 0.395 e. The molecule has 3 aromatic rings. The number of pyridine rings is 1. The SMILES string of the molecule is O=C(NCCO)c1ccnc(-c2csc3ccccc23)c1. The smallest absolute Gasteiger partial charge is 0.251 e. The van der Waals surface area contributed by atoms with Crippen molar-refractivity contribution < 1.29 is 9.90 Å². The predicted molar refractivity (Wildman–Crippen MR) is 84.5 cm³/mol. The quantitative estimate of drug-likeness (QED) is 0.778. The number of hydrogen-bond acceptors (Lipinski definition) is 4. The number of rotatable bonds is 4. The van der Waals surface area contributed by atoms with Crippen LogP contribution in [-0.2, 0) is 0 Å². The molecule has 0 unspecified atom stereocenters. The number of fused-ring (bicyclic) bond motifs is 1. The molecule has 0 aliphatic heterocycles. The number of aliphatic hydroxyl groups excluding tert-OH is 1. The van der Waals surface area contributed by atoms with Crippen LogP contribution in [0.15, 0.2) is 48.0 Å². The Morgan fingerprint density at radius 3 is 3.00 bits per heavy atom. The van der Waals surface area contributed by atoms with Gasteiger partial charge in [-0.15, -0.1) is 11.3 Å². The van der Waals surface area contributed by atoms with Crippen LogP contribution in [0.3, 0.4) is 0 Å². The summed E-state index contributed by atoms with van der Waals surface area (Å²) < 4.78 is 1.20. The Hall–Kier alpha value is -2.24. The van der Waals surface area contributed by atoms with Gasteiger partial charge < -0.3 is 10.4 Å². The molecule has 0 aliphatic carbocycles. The van der Waals surface area contributed by atoms with Crippen molar-refractivity contribution >= 4 is 27.3 Å². The number of carbonyl (C=O) groups is 1. The zero-order chi connectivity index (χ0) is 14.7. The van der Waals surface area contributed by atoms with Crippen molar-refractivity contribution in [3.63, 3.8) is 0 Å². The van der Waals surface area contributed by atoms with E-state index in [1.807, 2.05) is 12.1 Å². The van der Waals surface area contributed by atoms with Crippen molar-refractivity contribution in [1.82, 2.24) is 10.3 Å². The average Bonchev–Trinajstić information content (AvgIpc) is 2.97. The van der Waals surface area contributed by atoms with E-state index in [-0.39, 0.29) is 19.1 Å². The third-order valence-electron chi connectivity index (χ3n) is 3.18. The molecule has 4 nitrogen and oxygen atoms in total. The first-order valence-corrected chi connectivity index (χ1v) is 7.49. The Morgan fingerprint density at radius 1 is 1.29 bits per heavy atom. The maximum atomic E-state index is 11.9. The van der Waals surface area contributed by atoms with Crippen LogP contribution in [-0.4, -0.2) is 29.1 Å². The van der Waals surface area contributed by atoms with Crippen LogP contribution in [0.25, 0.3) is 21.3 Å². The Morgan fingerprint density at radius 2 is 2.14 bits per heavy atom. The summed E-state index contributed by atoms with van der Waals surface area (Å²) in [6.45, 7) is 0.177. The molecular formula is C16H14N2O2S. The van der Waals surface area contributed by atoms with E-state index in [4.69, 9.17) is 5.11 Å². The van der Waals surface area contributed by atoms with Gasteiger partial charge in [0.1, 0.15) is 0 Å². The summed E-state index contributed by atoms with van der Waals surface area (Å²) >= 11 is 1.66. The van der Waals surface area contributed by atoms with Crippen molar-refractivity contribution in [2.45, 2.75) is 0 Å². The first kappa shape index (κ1) is 13.7. The maximum Gasteiger partial charge on any atom is 0.251 e. The molecule has 5 heteroatoms. The molecule has 0 saturated carbocycles. The second kappa shape index (κ2) is 6.03. The molecular weight excluding hydrogens is 284 g/mol. The second-order valence-electron chi connectivity index (χ2n) is 4.55. The van der Waals surface area contributed by atoms with Gasteiger partial charge in [-0.2, -0.15) is 0 Å². The number of thiophene rings is 1. The number of benzene rings is 1. The van der Waals surface area contributed by atoms with Crippen LogP contribution >= 0.6 is 11.3 Å². The molecule has 1 aromatic carbocycles. The third-order valence-corrected chi connectivity index (χ3v) is 4.14. The van der Waals surface area contributed by atoms with Crippen molar-refractivity contribution in [3.05, 3.63) is 53.5 Å². The van der Waals surface area contributed by atoms with Gasteiger partial charge in [0.2, 0.25) is 0 Å². The summed E-state index contributed by atoms with van der Waals surface area (Å²) in [7, 11) is 0. The Labute approximate surface area is 126 Å². The van der Waals surface area contributed by atoms with Gasteiger partial charge in [0.05, 0.1) is 12.3 Å². The first-order valence-electron chi connectivity index (χ1n) is 6.61. The molecule has 0 radical (unpaired) electrons. The fourth-order valence-corrected chi connectivity index (χ4v) is 3.12. The van der Waals surface area contributed by atoms with E-state index in [0.29, 0.717) is 5.56 Å². The summed E-state index contributed by atoms with van der Waals surface area (Å²) in [6, 6.07) is 11.6. The molecule has 0 fully saturated rings. The molecule has 21 heavy (non-hydrogen) atoms. The lowest BCUT2D eigenvalue weighted by Crippen LogP contribution is -2.26. The molecule has 2 heterocycles. The van der Waals surface area contributed by atoms with Crippen LogP contribution in [0.4, 0.5) is 0 Å². The molecule has 3 rings (SSSR count). The topological polar surface area (TPSA) is 62.2 Å². The highest BCUT2D eigenvalue weighted by atomic mass is 32.1. The van der Waals surface area contributed by atoms with Gasteiger partial charge in [0.25, 0.3) is 5.91 Å². The lowest BCUT2D eigenvalue weighted by molar-refractivity contribution is 0.0944. The molecule has 106 valence electrons. The number of aliphatic hydroxyl groups is 1. The number of carbonyl (C=O) groups excluding carboxylic acids is 1. The monoisotopic (exact) mass is 298 g/mol. The van der Waals surface area contributed by atoms with Crippen LogP contribution in [0.2, 0.25) is 0 Å². The van der Waals surface area contributed by atoms with E-state index in [1.165, 1.54) is 4.70 Å². The van der Waals surface area contributed by atoms with Gasteiger partial charge in [-0.25, -0.2) is 0 Å². The number of aromatic nitrogens is 1. The van der Waals surface area contributed by atoms with Crippen LogP contribution in [0.1, 0.15) is 10.4 Å². The van der Waals surface area contributed by atoms with Crippen LogP contribution in [0.5, 0.6) is 0 Å². The zero-order valence-electron chi connectivity index (χ0n) is 11.2. The van der Waals surface area contributed by atoms with Gasteiger partial charge in [-0.05, 0) is 18.2 Å². The highest BCUT2D eigenvalue weighted by molar-refractivity contribution is 7.17. The number of nitrogens with one attached hydrogen (secondary N) is 1. The fraction of sp³-hybridized carbons (Fsp3) is 0.125. The van der Waals surface area contributed by atoms with Gasteiger partial charge in [-0.3, -0.25) is 9.78 Å². The molecule has 0 saturated heterocycles. The van der Waals surface area contributed by atoms with Crippen molar-refractivity contribution in [1.29, 1.82) is 0 Å². The van der Waals surface area contributed by atoms with Crippen molar-refractivity contribution in [2.24, 2.45) is 0 Å². The molecule has 0 bridgehead atoms. The fourth-order valence-electron chi connectivity index (χ4n) is 2.17. The van der Waals surface area contributed by atoms with Gasteiger partial charge in [0.15, 0.2) is 0 Å². The van der Waals surface area contributed by atoms with E-state index in [1.54, 1.807) is 29.7 Å². The Balaban J connectivity index is 1.98. The summed E-state index contributed by atoms with van der Waals surface area (Å²) in [5.41, 5.74) is 2.36. The van der Waals surface area contributed by atoms with Crippen molar-refractivity contribution in [2.75, 3.05) is 13.2 Å². The highest BCUT2D eigenvalue weighted by Gasteiger charge is 2.10. The number of nitrogens with zero attached hydrogens (tertiary/aromatic N) is 1. The van der Waals surface area contributed by atoms with E-state index in [9.17, 15) is 4.79 Å². The summed E-state index contributed by atoms with van der Waals surface area (Å²) in [5, 5.41) is 14.6. The second-order valence-corrected chi connectivity index (χ2v) is 5.47. The zero-order valence-corrected chi connectivity index (χ0v) is 12.1. The number of hydrogen-bond donors (Lipinski definition) is 2. The third kappa shape index (κ3) is 2.79. The van der Waals surface area contributed by atoms with Crippen molar-refractivity contribution in [3.8, 4) is 11.3 Å². The minimum Gasteiger partial charge on any atom is -0.395 e. The van der Waals surface area contributed by atoms with E-state index in [2.05, 4.69) is 27.8 Å². The summed E-state index contributed by atoms with van der Waals surface area (Å²) in [5.74, 6) is -0.202. The molecule has 0 atom stereocenters. The lowest BCUT2D eigenvalue weighted by Gasteiger charge is -2.05. The standard InChI is InChI=1S/C16H14N2O2S/c19-8-7-18-16(20)11-5-6-17-14(9-11)13-10-21-15-4-2-1-3-12(13)15/h1-6,9-10,19H,7-8H2,(H,18,20). The van der Waals surface area contributed by atoms with Gasteiger partial charge >= 0.3 is 0 Å².